The lowest BCUT2D eigenvalue weighted by atomic mass is 9.96. The molecule has 0 saturated heterocycles. The average molecular weight is 539 g/mol. The van der Waals surface area contributed by atoms with Crippen molar-refractivity contribution in [2.75, 3.05) is 12.7 Å². The van der Waals surface area contributed by atoms with Crippen molar-refractivity contribution >= 4 is 26.5 Å². The molecule has 0 unspecified atom stereocenters. The normalized spacial score (nSPS) is 18.5. The molecule has 0 saturated carbocycles. The van der Waals surface area contributed by atoms with Gasteiger partial charge in [-0.15, -0.1) is 0 Å². The van der Waals surface area contributed by atoms with E-state index >= 15 is 0 Å². The van der Waals surface area contributed by atoms with Crippen molar-refractivity contribution in [3.8, 4) is 44.9 Å². The van der Waals surface area contributed by atoms with Crippen molar-refractivity contribution in [3.05, 3.63) is 84.9 Å². The molecule has 2 heterocycles. The van der Waals surface area contributed by atoms with Crippen LogP contribution in [-0.2, 0) is 0 Å². The first-order chi connectivity index (χ1) is 18.1. The molecule has 0 aromatic heterocycles. The summed E-state index contributed by atoms with van der Waals surface area (Å²) in [5, 5.41) is 3.12. The van der Waals surface area contributed by atoms with Gasteiger partial charge in [0.05, 0.1) is 0 Å². The van der Waals surface area contributed by atoms with Gasteiger partial charge in [0.15, 0.2) is 0 Å². The minimum absolute atomic E-state index is 0.142. The van der Waals surface area contributed by atoms with Crippen LogP contribution in [0, 0.1) is 0 Å². The highest BCUT2D eigenvalue weighted by molar-refractivity contribution is 7.68. The van der Waals surface area contributed by atoms with Crippen molar-refractivity contribution in [1.82, 2.24) is 0 Å². The number of fused-ring (bicyclic) bond motifs is 2. The standard InChI is InChI=1S/C34H36O2P2/c1-33(2,3)37-21-35-29-25(23-13-9-7-10-14-23)17-19-27(31(29)37)28-20-18-26(24-15-11-8-12-16-24)30-32(28)38(22-36-30)34(4,5)6/h7-20H,21-22H2,1-6H3/t37-,38-/m0/s1. The first-order valence-corrected chi connectivity index (χ1v) is 16.5. The van der Waals surface area contributed by atoms with Crippen molar-refractivity contribution in [2.24, 2.45) is 0 Å². The molecule has 4 aromatic carbocycles. The van der Waals surface area contributed by atoms with Crippen LogP contribution >= 0.6 is 15.8 Å². The van der Waals surface area contributed by atoms with Gasteiger partial charge in [-0.3, -0.25) is 0 Å². The Bertz CT molecular complexity index is 1370. The van der Waals surface area contributed by atoms with Gasteiger partial charge in [0, 0.05) is 21.7 Å². The number of hydrogen-bond donors (Lipinski definition) is 0. The Balaban J connectivity index is 1.62. The molecule has 0 radical (unpaired) electrons. The second kappa shape index (κ2) is 9.51. The van der Waals surface area contributed by atoms with Crippen molar-refractivity contribution < 1.29 is 9.47 Å². The molecule has 2 aliphatic rings. The van der Waals surface area contributed by atoms with Gasteiger partial charge in [-0.1, -0.05) is 114 Å². The summed E-state index contributed by atoms with van der Waals surface area (Å²) in [6.07, 6.45) is 1.56. The molecule has 0 spiro atoms. The van der Waals surface area contributed by atoms with E-state index in [1.54, 1.807) is 0 Å². The molecule has 2 aliphatic heterocycles. The monoisotopic (exact) mass is 538 g/mol. The fourth-order valence-electron chi connectivity index (χ4n) is 5.54. The lowest BCUT2D eigenvalue weighted by molar-refractivity contribution is 0.401. The maximum absolute atomic E-state index is 6.59. The van der Waals surface area contributed by atoms with E-state index in [-0.39, 0.29) is 10.3 Å². The van der Waals surface area contributed by atoms with Gasteiger partial charge in [0.1, 0.15) is 24.2 Å². The summed E-state index contributed by atoms with van der Waals surface area (Å²) in [6, 6.07) is 30.6. The van der Waals surface area contributed by atoms with Crippen LogP contribution in [0.5, 0.6) is 11.5 Å². The number of hydrogen-bond acceptors (Lipinski definition) is 2. The van der Waals surface area contributed by atoms with E-state index in [2.05, 4.69) is 126 Å². The van der Waals surface area contributed by atoms with E-state index in [1.165, 1.54) is 44.0 Å². The first kappa shape index (κ1) is 25.6. The minimum Gasteiger partial charge on any atom is -0.488 e. The second-order valence-electron chi connectivity index (χ2n) is 12.2. The average Bonchev–Trinajstić information content (AvgIpc) is 3.54. The zero-order valence-electron chi connectivity index (χ0n) is 23.2. The van der Waals surface area contributed by atoms with Gasteiger partial charge < -0.3 is 9.47 Å². The molecule has 4 heteroatoms. The molecular formula is C34H36O2P2. The summed E-state index contributed by atoms with van der Waals surface area (Å²) >= 11 is 0. The minimum atomic E-state index is -0.509. The molecule has 0 aliphatic carbocycles. The summed E-state index contributed by atoms with van der Waals surface area (Å²) in [5.41, 5.74) is 7.49. The third-order valence-corrected chi connectivity index (χ3v) is 13.5. The van der Waals surface area contributed by atoms with E-state index in [9.17, 15) is 0 Å². The lowest BCUT2D eigenvalue weighted by Gasteiger charge is -2.30. The van der Waals surface area contributed by atoms with Crippen LogP contribution in [0.25, 0.3) is 33.4 Å². The SMILES string of the molecule is CC(C)(C)[P@@]1COc2c(-c3ccccc3)ccc(-c3ccc(-c4ccccc4)c4c3[P@@](C(C)(C)C)CO4)c21. The van der Waals surface area contributed by atoms with Gasteiger partial charge >= 0.3 is 0 Å². The fraction of sp³-hybridized carbons (Fsp3) is 0.294. The van der Waals surface area contributed by atoms with E-state index in [0.29, 0.717) is 0 Å². The maximum Gasteiger partial charge on any atom is 0.136 e. The Hall–Kier alpha value is -2.66. The van der Waals surface area contributed by atoms with Crippen molar-refractivity contribution in [2.45, 2.75) is 51.9 Å². The Labute approximate surface area is 229 Å². The number of benzene rings is 4. The van der Waals surface area contributed by atoms with Crippen molar-refractivity contribution in [3.63, 3.8) is 0 Å². The Morgan fingerprint density at radius 1 is 0.474 bits per heavy atom. The van der Waals surface area contributed by atoms with E-state index in [4.69, 9.17) is 9.47 Å². The molecule has 2 nitrogen and oxygen atoms in total. The molecule has 6 rings (SSSR count). The van der Waals surface area contributed by atoms with Gasteiger partial charge in [0.2, 0.25) is 0 Å². The molecule has 194 valence electrons. The van der Waals surface area contributed by atoms with Crippen LogP contribution in [0.15, 0.2) is 84.9 Å². The highest BCUT2D eigenvalue weighted by atomic mass is 31.1. The quantitative estimate of drug-likeness (QED) is 0.242. The van der Waals surface area contributed by atoms with Gasteiger partial charge in [-0.25, -0.2) is 0 Å². The Morgan fingerprint density at radius 3 is 1.16 bits per heavy atom. The molecule has 38 heavy (non-hydrogen) atoms. The van der Waals surface area contributed by atoms with Gasteiger partial charge in [-0.2, -0.15) is 0 Å². The smallest absolute Gasteiger partial charge is 0.136 e. The highest BCUT2D eigenvalue weighted by Gasteiger charge is 2.41. The van der Waals surface area contributed by atoms with E-state index in [0.717, 1.165) is 24.2 Å². The molecule has 4 aromatic rings. The fourth-order valence-corrected chi connectivity index (χ4v) is 10.3. The third-order valence-electron chi connectivity index (χ3n) is 7.56. The molecule has 0 amide bonds. The summed E-state index contributed by atoms with van der Waals surface area (Å²) in [6.45, 7) is 14.2. The van der Waals surface area contributed by atoms with Crippen molar-refractivity contribution in [1.29, 1.82) is 0 Å². The molecule has 0 bridgehead atoms. The third kappa shape index (κ3) is 4.37. The number of ether oxygens (including phenoxy) is 2. The zero-order valence-corrected chi connectivity index (χ0v) is 25.0. The summed E-state index contributed by atoms with van der Waals surface area (Å²) in [7, 11) is -1.02. The van der Waals surface area contributed by atoms with Gasteiger partial charge in [0.25, 0.3) is 0 Å². The second-order valence-corrected chi connectivity index (χ2v) is 18.0. The topological polar surface area (TPSA) is 18.5 Å². The summed E-state index contributed by atoms with van der Waals surface area (Å²) in [5.74, 6) is 2.16. The summed E-state index contributed by atoms with van der Waals surface area (Å²) < 4.78 is 13.2. The molecule has 0 fully saturated rings. The van der Waals surface area contributed by atoms with Crippen LogP contribution in [0.3, 0.4) is 0 Å². The largest absolute Gasteiger partial charge is 0.488 e. The van der Waals surface area contributed by atoms with Gasteiger partial charge in [-0.05, 0) is 60.5 Å². The van der Waals surface area contributed by atoms with Crippen LogP contribution < -0.4 is 20.1 Å². The van der Waals surface area contributed by atoms with Crippen LogP contribution in [0.4, 0.5) is 0 Å². The van der Waals surface area contributed by atoms with Crippen LogP contribution in [0.2, 0.25) is 0 Å². The molecule has 0 N–H and O–H groups in total. The van der Waals surface area contributed by atoms with Crippen LogP contribution in [0.1, 0.15) is 41.5 Å². The van der Waals surface area contributed by atoms with E-state index < -0.39 is 15.8 Å². The molecular weight excluding hydrogens is 502 g/mol. The number of rotatable bonds is 3. The van der Waals surface area contributed by atoms with Crippen LogP contribution in [-0.4, -0.2) is 23.0 Å². The Kier molecular flexibility index (Phi) is 6.41. The molecule has 2 atom stereocenters. The summed E-state index contributed by atoms with van der Waals surface area (Å²) in [4.78, 5) is 0. The maximum atomic E-state index is 6.59. The zero-order chi connectivity index (χ0) is 26.7. The highest BCUT2D eigenvalue weighted by Crippen LogP contribution is 2.61. The Morgan fingerprint density at radius 2 is 0.816 bits per heavy atom. The predicted octanol–water partition coefficient (Wildman–Crippen LogP) is 9.20. The lowest BCUT2D eigenvalue weighted by Crippen LogP contribution is -2.22. The predicted molar refractivity (Wildman–Crippen MR) is 166 cm³/mol. The van der Waals surface area contributed by atoms with E-state index in [1.807, 2.05) is 0 Å². The first-order valence-electron chi connectivity index (χ1n) is 13.4.